The van der Waals surface area contributed by atoms with Gasteiger partial charge in [-0.2, -0.15) is 0 Å². The molecule has 0 spiro atoms. The molecule has 0 fully saturated rings. The molecule has 3 aromatic rings. The van der Waals surface area contributed by atoms with E-state index in [1.807, 2.05) is 0 Å². The predicted molar refractivity (Wildman–Crippen MR) is 83.9 cm³/mol. The Labute approximate surface area is 146 Å². The van der Waals surface area contributed by atoms with Gasteiger partial charge in [-0.05, 0) is 58.4 Å². The van der Waals surface area contributed by atoms with E-state index in [0.29, 0.717) is 0 Å². The van der Waals surface area contributed by atoms with Gasteiger partial charge in [0.25, 0.3) is 0 Å². The Morgan fingerprint density at radius 3 is 2.13 bits per heavy atom. The number of rotatable bonds is 0. The second-order valence-electron chi connectivity index (χ2n) is 5.58. The largest absolute Gasteiger partial charge is 0.907 e. The molecule has 0 aliphatic heterocycles. The zero-order valence-corrected chi connectivity index (χ0v) is 13.5. The molecule has 23 heavy (non-hydrogen) atoms. The second kappa shape index (κ2) is 7.96. The van der Waals surface area contributed by atoms with Gasteiger partial charge in [-0.25, -0.2) is 0 Å². The van der Waals surface area contributed by atoms with Crippen LogP contribution in [0.15, 0.2) is 48.5 Å². The van der Waals surface area contributed by atoms with Crippen LogP contribution in [0.2, 0.25) is 0 Å². The van der Waals surface area contributed by atoms with E-state index in [4.69, 9.17) is 15.1 Å². The first kappa shape index (κ1) is 18.0. The Morgan fingerprint density at radius 2 is 1.35 bits per heavy atom. The maximum atomic E-state index is 8.42. The van der Waals surface area contributed by atoms with Crippen LogP contribution in [0, 0.1) is 0 Å². The van der Waals surface area contributed by atoms with Crippen LogP contribution in [0.3, 0.4) is 0 Å². The van der Waals surface area contributed by atoms with Crippen molar-refractivity contribution in [1.29, 1.82) is 0 Å². The molecule has 1 aliphatic rings. The van der Waals surface area contributed by atoms with Gasteiger partial charge >= 0.3 is 0 Å². The van der Waals surface area contributed by atoms with Gasteiger partial charge in [0, 0.05) is 17.1 Å². The van der Waals surface area contributed by atoms with Crippen LogP contribution >= 0.6 is 0 Å². The number of benzene rings is 3. The summed E-state index contributed by atoms with van der Waals surface area (Å²) in [6, 6.07) is 18.0. The molecule has 1 aliphatic carbocycles. The number of aryl methyl sites for hydroxylation is 2. The molecule has 0 atom stereocenters. The SMILES string of the molecule is [Cu].[O-]B([O-])[O-].c1ccc2c(c1)ccc1c3c(ccc12)CCCC3. The summed E-state index contributed by atoms with van der Waals surface area (Å²) in [5.74, 6) is 0. The molecular weight excluding hydrogens is 339 g/mol. The van der Waals surface area contributed by atoms with Crippen molar-refractivity contribution in [2.24, 2.45) is 0 Å². The van der Waals surface area contributed by atoms with Crippen molar-refractivity contribution in [3.05, 3.63) is 59.7 Å². The monoisotopic (exact) mass is 354 g/mol. The molecule has 0 bridgehead atoms. The third-order valence-corrected chi connectivity index (χ3v) is 4.26. The fraction of sp³-hybridized carbons (Fsp3) is 0.222. The molecule has 123 valence electrons. The van der Waals surface area contributed by atoms with Crippen molar-refractivity contribution in [2.75, 3.05) is 0 Å². The molecular formula is C18H16BCuO3-3. The van der Waals surface area contributed by atoms with Gasteiger partial charge < -0.3 is 15.1 Å². The molecule has 0 N–H and O–H groups in total. The minimum absolute atomic E-state index is 0. The molecule has 4 rings (SSSR count). The van der Waals surface area contributed by atoms with Crippen molar-refractivity contribution in [3.8, 4) is 0 Å². The summed E-state index contributed by atoms with van der Waals surface area (Å²) in [6.07, 6.45) is 5.22. The number of fused-ring (bicyclic) bond motifs is 5. The third kappa shape index (κ3) is 3.95. The summed E-state index contributed by atoms with van der Waals surface area (Å²) in [6.45, 7) is 0. The molecule has 3 aromatic carbocycles. The van der Waals surface area contributed by atoms with E-state index in [9.17, 15) is 0 Å². The van der Waals surface area contributed by atoms with E-state index in [1.165, 1.54) is 47.2 Å². The smallest absolute Gasteiger partial charge is 0 e. The standard InChI is InChI=1S/C18H16.BO3.Cu/c1-3-7-15-13(5-1)9-11-18-16-8-4-2-6-14(16)10-12-17(15)18;2-1(3)4;/h1,3,5,7,9-12H,2,4,6,8H2;;/q;-3;. The van der Waals surface area contributed by atoms with E-state index < -0.39 is 7.32 Å². The van der Waals surface area contributed by atoms with Gasteiger partial charge in [-0.15, -0.1) is 0 Å². The van der Waals surface area contributed by atoms with Crippen molar-refractivity contribution in [2.45, 2.75) is 25.7 Å². The zero-order chi connectivity index (χ0) is 15.5. The molecule has 0 heterocycles. The predicted octanol–water partition coefficient (Wildman–Crippen LogP) is 0.922. The molecule has 3 nitrogen and oxygen atoms in total. The minimum Gasteiger partial charge on any atom is -0.907 e. The molecule has 0 saturated carbocycles. The van der Waals surface area contributed by atoms with Crippen molar-refractivity contribution < 1.29 is 32.1 Å². The second-order valence-corrected chi connectivity index (χ2v) is 5.58. The Hall–Kier alpha value is -1.36. The van der Waals surface area contributed by atoms with Gasteiger partial charge in [0.2, 0.25) is 0 Å². The average molecular weight is 355 g/mol. The van der Waals surface area contributed by atoms with E-state index in [-0.39, 0.29) is 17.1 Å². The Bertz CT molecular complexity index is 802. The van der Waals surface area contributed by atoms with Crippen LogP contribution in [-0.4, -0.2) is 7.32 Å². The molecule has 0 unspecified atom stereocenters. The van der Waals surface area contributed by atoms with Crippen molar-refractivity contribution in [1.82, 2.24) is 0 Å². The van der Waals surface area contributed by atoms with Crippen LogP contribution in [0.1, 0.15) is 24.0 Å². The van der Waals surface area contributed by atoms with Gasteiger partial charge in [0.05, 0.1) is 0 Å². The van der Waals surface area contributed by atoms with Gasteiger partial charge in [0.1, 0.15) is 0 Å². The number of hydrogen-bond acceptors (Lipinski definition) is 3. The first-order chi connectivity index (χ1) is 10.7. The first-order valence-corrected chi connectivity index (χ1v) is 7.56. The maximum Gasteiger partial charge on any atom is 0 e. The Balaban J connectivity index is 0.000000349. The summed E-state index contributed by atoms with van der Waals surface area (Å²) >= 11 is 0. The molecule has 0 amide bonds. The molecule has 5 heteroatoms. The van der Waals surface area contributed by atoms with Gasteiger partial charge in [-0.3, -0.25) is 7.32 Å². The third-order valence-electron chi connectivity index (χ3n) is 4.26. The Morgan fingerprint density at radius 1 is 0.696 bits per heavy atom. The van der Waals surface area contributed by atoms with Crippen LogP contribution in [0.4, 0.5) is 0 Å². The van der Waals surface area contributed by atoms with Crippen LogP contribution in [0.5, 0.6) is 0 Å². The van der Waals surface area contributed by atoms with E-state index in [0.717, 1.165) is 0 Å². The fourth-order valence-electron chi connectivity index (χ4n) is 3.34. The normalized spacial score (nSPS) is 12.8. The quantitative estimate of drug-likeness (QED) is 0.445. The van der Waals surface area contributed by atoms with Crippen molar-refractivity contribution in [3.63, 3.8) is 0 Å². The summed E-state index contributed by atoms with van der Waals surface area (Å²) < 4.78 is 0. The van der Waals surface area contributed by atoms with E-state index in [1.54, 1.807) is 11.1 Å². The summed E-state index contributed by atoms with van der Waals surface area (Å²) in [5, 5.41) is 30.9. The number of hydrogen-bond donors (Lipinski definition) is 0. The zero-order valence-electron chi connectivity index (χ0n) is 12.6. The minimum atomic E-state index is -2.92. The van der Waals surface area contributed by atoms with Crippen molar-refractivity contribution >= 4 is 28.9 Å². The summed E-state index contributed by atoms with van der Waals surface area (Å²) in [5.41, 5.74) is 3.17. The summed E-state index contributed by atoms with van der Waals surface area (Å²) in [7, 11) is -2.92. The van der Waals surface area contributed by atoms with Gasteiger partial charge in [-0.1, -0.05) is 48.5 Å². The van der Waals surface area contributed by atoms with Crippen LogP contribution < -0.4 is 15.1 Å². The van der Waals surface area contributed by atoms with Gasteiger partial charge in [0.15, 0.2) is 0 Å². The topological polar surface area (TPSA) is 69.2 Å². The Kier molecular flexibility index (Phi) is 6.22. The fourth-order valence-corrected chi connectivity index (χ4v) is 3.34. The van der Waals surface area contributed by atoms with E-state index in [2.05, 4.69) is 48.5 Å². The molecule has 0 aromatic heterocycles. The van der Waals surface area contributed by atoms with Crippen LogP contribution in [0.25, 0.3) is 21.5 Å². The average Bonchev–Trinajstić information content (AvgIpc) is 2.54. The first-order valence-electron chi connectivity index (χ1n) is 7.56. The molecule has 1 radical (unpaired) electrons. The molecule has 0 saturated heterocycles. The van der Waals surface area contributed by atoms with Crippen LogP contribution in [-0.2, 0) is 29.9 Å². The summed E-state index contributed by atoms with van der Waals surface area (Å²) in [4.78, 5) is 0. The maximum absolute atomic E-state index is 8.42. The van der Waals surface area contributed by atoms with E-state index >= 15 is 0 Å².